The highest BCUT2D eigenvalue weighted by molar-refractivity contribution is 5.92. The first-order valence-electron chi connectivity index (χ1n) is 6.87. The summed E-state index contributed by atoms with van der Waals surface area (Å²) in [4.78, 5) is 11.1. The van der Waals surface area contributed by atoms with Crippen molar-refractivity contribution < 1.29 is 4.79 Å². The van der Waals surface area contributed by atoms with E-state index in [0.717, 1.165) is 11.3 Å². The number of amides is 1. The van der Waals surface area contributed by atoms with Crippen LogP contribution in [-0.4, -0.2) is 20.9 Å². The summed E-state index contributed by atoms with van der Waals surface area (Å²) in [6.45, 7) is 7.50. The van der Waals surface area contributed by atoms with Gasteiger partial charge < -0.3 is 11.1 Å². The van der Waals surface area contributed by atoms with Gasteiger partial charge in [-0.3, -0.25) is 4.79 Å². The van der Waals surface area contributed by atoms with Crippen molar-refractivity contribution in [3.63, 3.8) is 0 Å². The van der Waals surface area contributed by atoms with Crippen molar-refractivity contribution in [1.29, 1.82) is 0 Å². The average Bonchev–Trinajstić information content (AvgIpc) is 2.88. The van der Waals surface area contributed by atoms with Crippen LogP contribution in [0.4, 0.5) is 0 Å². The summed E-state index contributed by atoms with van der Waals surface area (Å²) in [6.07, 6.45) is 1.94. The lowest BCUT2D eigenvalue weighted by Crippen LogP contribution is -2.22. The summed E-state index contributed by atoms with van der Waals surface area (Å²) in [5.74, 6) is -0.412. The summed E-state index contributed by atoms with van der Waals surface area (Å²) in [7, 11) is 0. The molecule has 0 saturated carbocycles. The zero-order valence-corrected chi connectivity index (χ0v) is 12.6. The monoisotopic (exact) mass is 287 g/mol. The zero-order valence-electron chi connectivity index (χ0n) is 12.6. The second-order valence-corrected chi connectivity index (χ2v) is 5.99. The molecule has 0 bridgehead atoms. The number of hydrogen-bond donors (Lipinski definition) is 2. The average molecular weight is 287 g/mol. The van der Waals surface area contributed by atoms with Crippen molar-refractivity contribution in [3.05, 3.63) is 47.3 Å². The normalized spacial score (nSPS) is 11.6. The maximum absolute atomic E-state index is 11.1. The summed E-state index contributed by atoms with van der Waals surface area (Å²) >= 11 is 0. The number of primary amides is 1. The van der Waals surface area contributed by atoms with E-state index in [9.17, 15) is 4.79 Å². The van der Waals surface area contributed by atoms with Crippen LogP contribution in [0.5, 0.6) is 0 Å². The highest BCUT2D eigenvalue weighted by Gasteiger charge is 2.14. The molecular formula is C15H21N5O. The molecule has 1 aromatic heterocycles. The van der Waals surface area contributed by atoms with Gasteiger partial charge in [0.05, 0.1) is 17.4 Å². The van der Waals surface area contributed by atoms with Crippen LogP contribution in [0.2, 0.25) is 0 Å². The first kappa shape index (κ1) is 15.2. The number of nitrogens with zero attached hydrogens (tertiary/aromatic N) is 3. The molecule has 0 radical (unpaired) electrons. The van der Waals surface area contributed by atoms with Gasteiger partial charge in [0.15, 0.2) is 0 Å². The first-order valence-corrected chi connectivity index (χ1v) is 6.87. The number of carbonyl (C=O) groups excluding carboxylic acids is 1. The molecule has 0 aliphatic heterocycles. The molecule has 2 rings (SSSR count). The van der Waals surface area contributed by atoms with Crippen molar-refractivity contribution in [1.82, 2.24) is 20.3 Å². The predicted octanol–water partition coefficient (Wildman–Crippen LogP) is 1.42. The van der Waals surface area contributed by atoms with Crippen molar-refractivity contribution >= 4 is 5.91 Å². The van der Waals surface area contributed by atoms with Crippen LogP contribution < -0.4 is 11.1 Å². The molecule has 0 unspecified atom stereocenters. The third kappa shape index (κ3) is 4.13. The molecule has 0 aliphatic carbocycles. The largest absolute Gasteiger partial charge is 0.366 e. The lowest BCUT2D eigenvalue weighted by Gasteiger charge is -2.17. The van der Waals surface area contributed by atoms with Crippen molar-refractivity contribution in [2.75, 3.05) is 0 Å². The van der Waals surface area contributed by atoms with E-state index in [4.69, 9.17) is 5.73 Å². The molecule has 0 aliphatic rings. The van der Waals surface area contributed by atoms with Crippen LogP contribution in [0.3, 0.4) is 0 Å². The van der Waals surface area contributed by atoms with E-state index >= 15 is 0 Å². The van der Waals surface area contributed by atoms with E-state index in [1.807, 2.05) is 23.0 Å². The fourth-order valence-electron chi connectivity index (χ4n) is 1.88. The minimum atomic E-state index is -0.412. The van der Waals surface area contributed by atoms with Crippen LogP contribution in [-0.2, 0) is 18.6 Å². The van der Waals surface area contributed by atoms with E-state index < -0.39 is 5.91 Å². The number of benzene rings is 1. The number of carbonyl (C=O) groups is 1. The van der Waals surface area contributed by atoms with Crippen molar-refractivity contribution in [2.45, 2.75) is 39.4 Å². The van der Waals surface area contributed by atoms with Crippen molar-refractivity contribution in [2.24, 2.45) is 5.73 Å². The zero-order chi connectivity index (χ0) is 15.5. The molecule has 0 atom stereocenters. The minimum Gasteiger partial charge on any atom is -0.366 e. The Balaban J connectivity index is 1.91. The van der Waals surface area contributed by atoms with E-state index in [1.54, 1.807) is 12.1 Å². The second-order valence-electron chi connectivity index (χ2n) is 5.99. The van der Waals surface area contributed by atoms with E-state index in [1.165, 1.54) is 0 Å². The highest BCUT2D eigenvalue weighted by Crippen LogP contribution is 2.11. The third-order valence-corrected chi connectivity index (χ3v) is 3.07. The maximum atomic E-state index is 11.1. The Bertz CT molecular complexity index is 627. The topological polar surface area (TPSA) is 85.8 Å². The number of nitrogens with two attached hydrogens (primary N) is 1. The van der Waals surface area contributed by atoms with Gasteiger partial charge in [-0.2, -0.15) is 0 Å². The minimum absolute atomic E-state index is 0.0684. The Labute approximate surface area is 124 Å². The molecule has 1 amide bonds. The molecule has 6 nitrogen and oxygen atoms in total. The molecular weight excluding hydrogens is 266 g/mol. The molecule has 2 aromatic rings. The van der Waals surface area contributed by atoms with Gasteiger partial charge in [0.1, 0.15) is 0 Å². The summed E-state index contributed by atoms with van der Waals surface area (Å²) in [5, 5.41) is 11.5. The Morgan fingerprint density at radius 1 is 1.33 bits per heavy atom. The Morgan fingerprint density at radius 3 is 2.71 bits per heavy atom. The first-order chi connectivity index (χ1) is 9.86. The van der Waals surface area contributed by atoms with Gasteiger partial charge in [-0.1, -0.05) is 17.3 Å². The summed E-state index contributed by atoms with van der Waals surface area (Å²) < 4.78 is 1.84. The fourth-order valence-corrected chi connectivity index (χ4v) is 1.88. The molecule has 21 heavy (non-hydrogen) atoms. The third-order valence-electron chi connectivity index (χ3n) is 3.07. The van der Waals surface area contributed by atoms with Gasteiger partial charge in [0, 0.05) is 18.7 Å². The number of nitrogens with one attached hydrogen (secondary N) is 1. The highest BCUT2D eigenvalue weighted by atomic mass is 16.1. The molecule has 1 heterocycles. The molecule has 3 N–H and O–H groups in total. The molecule has 112 valence electrons. The number of hydrogen-bond acceptors (Lipinski definition) is 4. The standard InChI is InChI=1S/C15H21N5O/c1-15(2,3)20-10-13(18-19-20)9-17-8-11-5-4-6-12(7-11)14(16)21/h4-7,10,17H,8-9H2,1-3H3,(H2,16,21). The smallest absolute Gasteiger partial charge is 0.248 e. The fraction of sp³-hybridized carbons (Fsp3) is 0.400. The summed E-state index contributed by atoms with van der Waals surface area (Å²) in [5.41, 5.74) is 7.61. The molecule has 1 aromatic carbocycles. The number of rotatable bonds is 5. The van der Waals surface area contributed by atoms with Crippen molar-refractivity contribution in [3.8, 4) is 0 Å². The lowest BCUT2D eigenvalue weighted by molar-refractivity contribution is 0.1000. The Hall–Kier alpha value is -2.21. The Kier molecular flexibility index (Phi) is 4.37. The summed E-state index contributed by atoms with van der Waals surface area (Å²) in [6, 6.07) is 7.28. The van der Waals surface area contributed by atoms with E-state index in [-0.39, 0.29) is 5.54 Å². The van der Waals surface area contributed by atoms with Crippen LogP contribution in [0, 0.1) is 0 Å². The van der Waals surface area contributed by atoms with Crippen LogP contribution in [0.25, 0.3) is 0 Å². The second kappa shape index (κ2) is 6.05. The van der Waals surface area contributed by atoms with Gasteiger partial charge in [-0.05, 0) is 38.5 Å². The quantitative estimate of drug-likeness (QED) is 0.871. The van der Waals surface area contributed by atoms with Crippen LogP contribution in [0.15, 0.2) is 30.5 Å². The Morgan fingerprint density at radius 2 is 2.10 bits per heavy atom. The number of aromatic nitrogens is 3. The maximum Gasteiger partial charge on any atom is 0.248 e. The van der Waals surface area contributed by atoms with E-state index in [2.05, 4.69) is 36.4 Å². The lowest BCUT2D eigenvalue weighted by atomic mass is 10.1. The SMILES string of the molecule is CC(C)(C)n1cc(CNCc2cccc(C(N)=O)c2)nn1. The molecule has 0 fully saturated rings. The molecule has 6 heteroatoms. The van der Waals surface area contributed by atoms with Gasteiger partial charge >= 0.3 is 0 Å². The van der Waals surface area contributed by atoms with Gasteiger partial charge in [0.2, 0.25) is 5.91 Å². The molecule has 0 spiro atoms. The predicted molar refractivity (Wildman–Crippen MR) is 80.5 cm³/mol. The molecule has 0 saturated heterocycles. The van der Waals surface area contributed by atoms with Crippen LogP contribution >= 0.6 is 0 Å². The van der Waals surface area contributed by atoms with Crippen LogP contribution in [0.1, 0.15) is 42.4 Å². The van der Waals surface area contributed by atoms with E-state index in [0.29, 0.717) is 18.7 Å². The van der Waals surface area contributed by atoms with Gasteiger partial charge in [-0.25, -0.2) is 4.68 Å². The van der Waals surface area contributed by atoms with Gasteiger partial charge in [-0.15, -0.1) is 5.10 Å². The van der Waals surface area contributed by atoms with Gasteiger partial charge in [0.25, 0.3) is 0 Å².